The molecule has 0 atom stereocenters. The van der Waals surface area contributed by atoms with Crippen molar-refractivity contribution in [2.24, 2.45) is 0 Å². The summed E-state index contributed by atoms with van der Waals surface area (Å²) >= 11 is 0. The standard InChI is InChI=1S/C18H20N2O3/c1-2-11-19-18(23)20-15-8-5-13(6-9-15)3-4-14-7-10-16(21)17(22)12-14/h3-10,12,21-22H,2,11H2,1H3,(H2,19,20,23)/b4-3+. The Balaban J connectivity index is 1.97. The molecule has 0 aliphatic carbocycles. The van der Waals surface area contributed by atoms with Crippen molar-refractivity contribution in [1.82, 2.24) is 5.32 Å². The lowest BCUT2D eigenvalue weighted by Gasteiger charge is -2.06. The molecule has 0 saturated heterocycles. The highest BCUT2D eigenvalue weighted by Gasteiger charge is 2.00. The van der Waals surface area contributed by atoms with Crippen molar-refractivity contribution in [1.29, 1.82) is 0 Å². The molecule has 23 heavy (non-hydrogen) atoms. The van der Waals surface area contributed by atoms with Gasteiger partial charge in [0.25, 0.3) is 0 Å². The van der Waals surface area contributed by atoms with E-state index >= 15 is 0 Å². The normalized spacial score (nSPS) is 10.7. The average molecular weight is 312 g/mol. The first-order valence-electron chi connectivity index (χ1n) is 7.43. The zero-order chi connectivity index (χ0) is 16.7. The van der Waals surface area contributed by atoms with E-state index in [0.29, 0.717) is 6.54 Å². The molecule has 0 radical (unpaired) electrons. The summed E-state index contributed by atoms with van der Waals surface area (Å²) in [7, 11) is 0. The first-order valence-corrected chi connectivity index (χ1v) is 7.43. The Labute approximate surface area is 135 Å². The quantitative estimate of drug-likeness (QED) is 0.501. The number of urea groups is 1. The molecular weight excluding hydrogens is 292 g/mol. The van der Waals surface area contributed by atoms with E-state index < -0.39 is 0 Å². The van der Waals surface area contributed by atoms with Gasteiger partial charge >= 0.3 is 6.03 Å². The molecule has 0 aliphatic rings. The topological polar surface area (TPSA) is 81.6 Å². The highest BCUT2D eigenvalue weighted by Crippen LogP contribution is 2.25. The van der Waals surface area contributed by atoms with Gasteiger partial charge in [-0.25, -0.2) is 4.79 Å². The minimum absolute atomic E-state index is 0.140. The minimum Gasteiger partial charge on any atom is -0.504 e. The van der Waals surface area contributed by atoms with Gasteiger partial charge in [-0.05, 0) is 41.8 Å². The third-order valence-corrected chi connectivity index (χ3v) is 3.17. The van der Waals surface area contributed by atoms with Crippen molar-refractivity contribution in [3.05, 3.63) is 53.6 Å². The Bertz CT molecular complexity index is 694. The van der Waals surface area contributed by atoms with Gasteiger partial charge in [0.1, 0.15) is 0 Å². The molecule has 0 aliphatic heterocycles. The van der Waals surface area contributed by atoms with E-state index in [1.807, 2.05) is 43.3 Å². The Morgan fingerprint density at radius 2 is 1.65 bits per heavy atom. The third-order valence-electron chi connectivity index (χ3n) is 3.17. The number of phenols is 2. The van der Waals surface area contributed by atoms with Crippen LogP contribution >= 0.6 is 0 Å². The predicted molar refractivity (Wildman–Crippen MR) is 92.5 cm³/mol. The molecule has 2 aromatic rings. The monoisotopic (exact) mass is 312 g/mol. The zero-order valence-electron chi connectivity index (χ0n) is 12.9. The SMILES string of the molecule is CCCNC(=O)Nc1ccc(/C=C/c2ccc(O)c(O)c2)cc1. The van der Waals surface area contributed by atoms with Crippen LogP contribution in [0.1, 0.15) is 24.5 Å². The molecule has 4 N–H and O–H groups in total. The summed E-state index contributed by atoms with van der Waals surface area (Å²) in [5.74, 6) is -0.288. The maximum atomic E-state index is 11.5. The van der Waals surface area contributed by atoms with Crippen LogP contribution in [0.5, 0.6) is 11.5 Å². The van der Waals surface area contributed by atoms with E-state index in [1.54, 1.807) is 6.07 Å². The lowest BCUT2D eigenvalue weighted by Crippen LogP contribution is -2.29. The molecule has 120 valence electrons. The second-order valence-electron chi connectivity index (χ2n) is 5.08. The summed E-state index contributed by atoms with van der Waals surface area (Å²) in [4.78, 5) is 11.5. The summed E-state index contributed by atoms with van der Waals surface area (Å²) < 4.78 is 0. The van der Waals surface area contributed by atoms with Crippen LogP contribution in [-0.2, 0) is 0 Å². The minimum atomic E-state index is -0.213. The van der Waals surface area contributed by atoms with Crippen molar-refractivity contribution >= 4 is 23.9 Å². The number of hydrogen-bond donors (Lipinski definition) is 4. The smallest absolute Gasteiger partial charge is 0.319 e. The molecule has 5 nitrogen and oxygen atoms in total. The lowest BCUT2D eigenvalue weighted by atomic mass is 10.1. The highest BCUT2D eigenvalue weighted by molar-refractivity contribution is 5.89. The van der Waals surface area contributed by atoms with Gasteiger partial charge in [-0.15, -0.1) is 0 Å². The largest absolute Gasteiger partial charge is 0.504 e. The first-order chi connectivity index (χ1) is 11.1. The first kappa shape index (κ1) is 16.4. The van der Waals surface area contributed by atoms with Crippen molar-refractivity contribution < 1.29 is 15.0 Å². The van der Waals surface area contributed by atoms with E-state index in [-0.39, 0.29) is 17.5 Å². The van der Waals surface area contributed by atoms with Crippen LogP contribution in [0.2, 0.25) is 0 Å². The summed E-state index contributed by atoms with van der Waals surface area (Å²) in [5.41, 5.74) is 2.46. The third kappa shape index (κ3) is 5.07. The average Bonchev–Trinajstić information content (AvgIpc) is 2.55. The molecule has 0 spiro atoms. The zero-order valence-corrected chi connectivity index (χ0v) is 12.9. The number of aromatic hydroxyl groups is 2. The van der Waals surface area contributed by atoms with Gasteiger partial charge in [0.05, 0.1) is 0 Å². The molecule has 2 amide bonds. The number of carbonyl (C=O) groups is 1. The summed E-state index contributed by atoms with van der Waals surface area (Å²) in [6.45, 7) is 2.64. The van der Waals surface area contributed by atoms with E-state index in [1.165, 1.54) is 12.1 Å². The molecular formula is C18H20N2O3. The number of rotatable bonds is 5. The number of hydrogen-bond acceptors (Lipinski definition) is 3. The number of carbonyl (C=O) groups excluding carboxylic acids is 1. The molecule has 2 rings (SSSR count). The van der Waals surface area contributed by atoms with Gasteiger partial charge < -0.3 is 20.8 Å². The van der Waals surface area contributed by atoms with Crippen LogP contribution in [0.4, 0.5) is 10.5 Å². The van der Waals surface area contributed by atoms with Crippen LogP contribution in [0.15, 0.2) is 42.5 Å². The molecule has 2 aromatic carbocycles. The van der Waals surface area contributed by atoms with Crippen molar-refractivity contribution in [2.75, 3.05) is 11.9 Å². The van der Waals surface area contributed by atoms with Gasteiger partial charge in [0, 0.05) is 12.2 Å². The second kappa shape index (κ2) is 7.89. The number of anilines is 1. The van der Waals surface area contributed by atoms with Gasteiger partial charge in [-0.2, -0.15) is 0 Å². The summed E-state index contributed by atoms with van der Waals surface area (Å²) in [5, 5.41) is 24.2. The molecule has 0 bridgehead atoms. The maximum absolute atomic E-state index is 11.5. The van der Waals surface area contributed by atoms with E-state index in [0.717, 1.165) is 23.2 Å². The lowest BCUT2D eigenvalue weighted by molar-refractivity contribution is 0.252. The number of benzene rings is 2. The van der Waals surface area contributed by atoms with Crippen LogP contribution in [0.3, 0.4) is 0 Å². The Hall–Kier alpha value is -2.95. The number of amides is 2. The van der Waals surface area contributed by atoms with E-state index in [4.69, 9.17) is 0 Å². The molecule has 5 heteroatoms. The van der Waals surface area contributed by atoms with Crippen molar-refractivity contribution in [2.45, 2.75) is 13.3 Å². The van der Waals surface area contributed by atoms with Crippen LogP contribution in [-0.4, -0.2) is 22.8 Å². The molecule has 0 saturated carbocycles. The van der Waals surface area contributed by atoms with Crippen molar-refractivity contribution in [3.8, 4) is 11.5 Å². The number of nitrogens with one attached hydrogen (secondary N) is 2. The van der Waals surface area contributed by atoms with Gasteiger partial charge in [-0.1, -0.05) is 37.3 Å². The number of phenolic OH excluding ortho intramolecular Hbond substituents is 2. The fraction of sp³-hybridized carbons (Fsp3) is 0.167. The fourth-order valence-electron chi connectivity index (χ4n) is 1.93. The Morgan fingerprint density at radius 1 is 1.00 bits per heavy atom. The van der Waals surface area contributed by atoms with E-state index in [9.17, 15) is 15.0 Å². The van der Waals surface area contributed by atoms with Gasteiger partial charge in [-0.3, -0.25) is 0 Å². The van der Waals surface area contributed by atoms with E-state index in [2.05, 4.69) is 10.6 Å². The van der Waals surface area contributed by atoms with Crippen molar-refractivity contribution in [3.63, 3.8) is 0 Å². The fourth-order valence-corrected chi connectivity index (χ4v) is 1.93. The molecule has 0 heterocycles. The molecule has 0 aromatic heterocycles. The Kier molecular flexibility index (Phi) is 5.63. The highest BCUT2D eigenvalue weighted by atomic mass is 16.3. The summed E-state index contributed by atoms with van der Waals surface area (Å²) in [6, 6.07) is 11.8. The van der Waals surface area contributed by atoms with Gasteiger partial charge in [0.15, 0.2) is 11.5 Å². The van der Waals surface area contributed by atoms with Gasteiger partial charge in [0.2, 0.25) is 0 Å². The van der Waals surface area contributed by atoms with Crippen LogP contribution in [0, 0.1) is 0 Å². The summed E-state index contributed by atoms with van der Waals surface area (Å²) in [6.07, 6.45) is 4.60. The maximum Gasteiger partial charge on any atom is 0.319 e. The Morgan fingerprint density at radius 3 is 2.30 bits per heavy atom. The van der Waals surface area contributed by atoms with Crippen LogP contribution in [0.25, 0.3) is 12.2 Å². The second-order valence-corrected chi connectivity index (χ2v) is 5.08. The van der Waals surface area contributed by atoms with Crippen LogP contribution < -0.4 is 10.6 Å². The molecule has 0 fully saturated rings. The molecule has 0 unspecified atom stereocenters. The predicted octanol–water partition coefficient (Wildman–Crippen LogP) is 3.80.